The first kappa shape index (κ1) is 20.5. The van der Waals surface area contributed by atoms with Crippen LogP contribution in [0, 0.1) is 0 Å². The van der Waals surface area contributed by atoms with E-state index in [2.05, 4.69) is 0 Å². The molecule has 6 nitrogen and oxygen atoms in total. The van der Waals surface area contributed by atoms with Gasteiger partial charge in [-0.25, -0.2) is 0 Å². The van der Waals surface area contributed by atoms with Gasteiger partial charge in [0.15, 0.2) is 0 Å². The molecular formula is C25H23NO5. The third kappa shape index (κ3) is 4.10. The lowest BCUT2D eigenvalue weighted by Crippen LogP contribution is -2.29. The molecule has 1 atom stereocenters. The number of amides is 1. The summed E-state index contributed by atoms with van der Waals surface area (Å²) in [5.41, 5.74) is 1.20. The lowest BCUT2D eigenvalue weighted by molar-refractivity contribution is -0.140. The lowest BCUT2D eigenvalue weighted by atomic mass is 9.95. The number of aliphatic hydroxyl groups is 1. The SMILES string of the molecule is CCCOc1cccc(C(O)=C2C(=O)C(=O)N(Cc3ccco3)C2c2ccccc2)c1. The molecule has 1 fully saturated rings. The van der Waals surface area contributed by atoms with E-state index in [1.54, 1.807) is 36.4 Å². The molecule has 1 aromatic heterocycles. The fourth-order valence-electron chi connectivity index (χ4n) is 3.70. The summed E-state index contributed by atoms with van der Waals surface area (Å²) in [4.78, 5) is 27.4. The molecule has 1 saturated heterocycles. The Hall–Kier alpha value is -3.80. The fourth-order valence-corrected chi connectivity index (χ4v) is 3.70. The molecule has 1 aliphatic heterocycles. The molecule has 4 rings (SSSR count). The van der Waals surface area contributed by atoms with Crippen LogP contribution >= 0.6 is 0 Å². The molecule has 1 N–H and O–H groups in total. The van der Waals surface area contributed by atoms with Gasteiger partial charge in [-0.3, -0.25) is 9.59 Å². The fraction of sp³-hybridized carbons (Fsp3) is 0.200. The number of furan rings is 1. The van der Waals surface area contributed by atoms with Crippen LogP contribution in [-0.4, -0.2) is 28.3 Å². The summed E-state index contributed by atoms with van der Waals surface area (Å²) in [6.45, 7) is 2.67. The largest absolute Gasteiger partial charge is 0.507 e. The molecule has 3 aromatic rings. The van der Waals surface area contributed by atoms with Crippen LogP contribution in [0.5, 0.6) is 5.75 Å². The monoisotopic (exact) mass is 417 g/mol. The number of carbonyl (C=O) groups excluding carboxylic acids is 2. The third-order valence-corrected chi connectivity index (χ3v) is 5.14. The molecule has 0 radical (unpaired) electrons. The van der Waals surface area contributed by atoms with Crippen LogP contribution in [0.15, 0.2) is 83.0 Å². The number of rotatable bonds is 7. The molecule has 0 saturated carbocycles. The maximum Gasteiger partial charge on any atom is 0.296 e. The number of ether oxygens (including phenoxy) is 1. The molecule has 31 heavy (non-hydrogen) atoms. The van der Waals surface area contributed by atoms with Crippen LogP contribution in [0.25, 0.3) is 5.76 Å². The predicted molar refractivity (Wildman–Crippen MR) is 115 cm³/mol. The van der Waals surface area contributed by atoms with Crippen molar-refractivity contribution in [2.45, 2.75) is 25.9 Å². The quantitative estimate of drug-likeness (QED) is 0.343. The first-order valence-electron chi connectivity index (χ1n) is 10.2. The Morgan fingerprint density at radius 3 is 2.58 bits per heavy atom. The van der Waals surface area contributed by atoms with Gasteiger partial charge in [-0.15, -0.1) is 0 Å². The second-order valence-electron chi connectivity index (χ2n) is 7.29. The Balaban J connectivity index is 1.80. The Bertz CT molecular complexity index is 1100. The number of Topliss-reactive ketones (excluding diaryl/α,β-unsaturated/α-hetero) is 1. The Labute approximate surface area is 180 Å². The Morgan fingerprint density at radius 1 is 1.06 bits per heavy atom. The summed E-state index contributed by atoms with van der Waals surface area (Å²) in [5.74, 6) is -0.483. The van der Waals surface area contributed by atoms with E-state index in [0.29, 0.717) is 23.7 Å². The first-order chi connectivity index (χ1) is 15.1. The Morgan fingerprint density at radius 2 is 1.87 bits per heavy atom. The van der Waals surface area contributed by atoms with Crippen LogP contribution in [0.1, 0.15) is 36.3 Å². The van der Waals surface area contributed by atoms with Crippen LogP contribution in [0.2, 0.25) is 0 Å². The van der Waals surface area contributed by atoms with Crippen LogP contribution in [0.4, 0.5) is 0 Å². The van der Waals surface area contributed by atoms with E-state index < -0.39 is 17.7 Å². The van der Waals surface area contributed by atoms with E-state index in [0.717, 1.165) is 12.0 Å². The molecule has 0 aliphatic carbocycles. The van der Waals surface area contributed by atoms with Crippen molar-refractivity contribution in [3.05, 3.63) is 95.5 Å². The molecule has 0 bridgehead atoms. The number of nitrogens with zero attached hydrogens (tertiary/aromatic N) is 1. The zero-order chi connectivity index (χ0) is 21.8. The molecule has 6 heteroatoms. The molecule has 158 valence electrons. The molecule has 0 spiro atoms. The molecular weight excluding hydrogens is 394 g/mol. The van der Waals surface area contributed by atoms with Gasteiger partial charge in [0.1, 0.15) is 17.3 Å². The summed E-state index contributed by atoms with van der Waals surface area (Å²) >= 11 is 0. The van der Waals surface area contributed by atoms with Crippen LogP contribution in [-0.2, 0) is 16.1 Å². The number of carbonyl (C=O) groups is 2. The average Bonchev–Trinajstić information content (AvgIpc) is 3.40. The van der Waals surface area contributed by atoms with E-state index in [9.17, 15) is 14.7 Å². The standard InChI is InChI=1S/C25H23NO5/c1-2-13-30-19-11-6-10-18(15-19)23(27)21-22(17-8-4-3-5-9-17)26(25(29)24(21)28)16-20-12-7-14-31-20/h3-12,14-15,22,27H,2,13,16H2,1H3. The zero-order valence-corrected chi connectivity index (χ0v) is 17.2. The average molecular weight is 417 g/mol. The molecule has 1 aliphatic rings. The van der Waals surface area contributed by atoms with Gasteiger partial charge in [-0.1, -0.05) is 49.4 Å². The van der Waals surface area contributed by atoms with Crippen molar-refractivity contribution in [2.75, 3.05) is 6.61 Å². The van der Waals surface area contributed by atoms with E-state index in [1.807, 2.05) is 37.3 Å². The maximum absolute atomic E-state index is 13.0. The smallest absolute Gasteiger partial charge is 0.296 e. The molecule has 2 aromatic carbocycles. The first-order valence-corrected chi connectivity index (χ1v) is 10.2. The number of ketones is 1. The summed E-state index contributed by atoms with van der Waals surface area (Å²) < 4.78 is 11.0. The normalized spacial score (nSPS) is 17.8. The lowest BCUT2D eigenvalue weighted by Gasteiger charge is -2.24. The van der Waals surface area contributed by atoms with Crippen molar-refractivity contribution in [2.24, 2.45) is 0 Å². The van der Waals surface area contributed by atoms with E-state index in [-0.39, 0.29) is 17.9 Å². The molecule has 2 heterocycles. The van der Waals surface area contributed by atoms with Crippen LogP contribution in [0.3, 0.4) is 0 Å². The minimum Gasteiger partial charge on any atom is -0.507 e. The van der Waals surface area contributed by atoms with Gasteiger partial charge < -0.3 is 19.2 Å². The van der Waals surface area contributed by atoms with E-state index in [4.69, 9.17) is 9.15 Å². The number of benzene rings is 2. The van der Waals surface area contributed by atoms with Gasteiger partial charge in [0, 0.05) is 5.56 Å². The zero-order valence-electron chi connectivity index (χ0n) is 17.2. The van der Waals surface area contributed by atoms with Gasteiger partial charge in [0.05, 0.1) is 31.0 Å². The van der Waals surface area contributed by atoms with Crippen molar-refractivity contribution < 1.29 is 23.8 Å². The topological polar surface area (TPSA) is 80.0 Å². The van der Waals surface area contributed by atoms with Crippen molar-refractivity contribution in [1.82, 2.24) is 4.90 Å². The number of aliphatic hydroxyl groups excluding tert-OH is 1. The highest BCUT2D eigenvalue weighted by Gasteiger charge is 2.46. The summed E-state index contributed by atoms with van der Waals surface area (Å²) in [6, 6.07) is 18.8. The second-order valence-corrected chi connectivity index (χ2v) is 7.29. The van der Waals surface area contributed by atoms with Crippen molar-refractivity contribution in [1.29, 1.82) is 0 Å². The summed E-state index contributed by atoms with van der Waals surface area (Å²) in [7, 11) is 0. The summed E-state index contributed by atoms with van der Waals surface area (Å²) in [6.07, 6.45) is 2.37. The van der Waals surface area contributed by atoms with Gasteiger partial charge >= 0.3 is 0 Å². The highest BCUT2D eigenvalue weighted by Crippen LogP contribution is 2.40. The van der Waals surface area contributed by atoms with Crippen LogP contribution < -0.4 is 4.74 Å². The highest BCUT2D eigenvalue weighted by atomic mass is 16.5. The minimum absolute atomic E-state index is 0.0513. The van der Waals surface area contributed by atoms with Gasteiger partial charge in [-0.2, -0.15) is 0 Å². The van der Waals surface area contributed by atoms with Crippen molar-refractivity contribution in [3.8, 4) is 5.75 Å². The minimum atomic E-state index is -0.730. The molecule has 1 unspecified atom stereocenters. The second kappa shape index (κ2) is 8.92. The van der Waals surface area contributed by atoms with E-state index in [1.165, 1.54) is 11.2 Å². The van der Waals surface area contributed by atoms with Gasteiger partial charge in [0.25, 0.3) is 11.7 Å². The maximum atomic E-state index is 13.0. The summed E-state index contributed by atoms with van der Waals surface area (Å²) in [5, 5.41) is 11.1. The predicted octanol–water partition coefficient (Wildman–Crippen LogP) is 4.69. The molecule has 1 amide bonds. The number of hydrogen-bond acceptors (Lipinski definition) is 5. The number of likely N-dealkylation sites (tertiary alicyclic amines) is 1. The van der Waals surface area contributed by atoms with Gasteiger partial charge in [-0.05, 0) is 36.2 Å². The Kier molecular flexibility index (Phi) is 5.89. The highest BCUT2D eigenvalue weighted by molar-refractivity contribution is 6.46. The van der Waals surface area contributed by atoms with Crippen molar-refractivity contribution >= 4 is 17.4 Å². The van der Waals surface area contributed by atoms with Gasteiger partial charge in [0.2, 0.25) is 0 Å². The third-order valence-electron chi connectivity index (χ3n) is 5.14. The van der Waals surface area contributed by atoms with E-state index >= 15 is 0 Å². The van der Waals surface area contributed by atoms with Crippen molar-refractivity contribution in [3.63, 3.8) is 0 Å². The number of hydrogen-bond donors (Lipinski definition) is 1.